The first-order valence-electron chi connectivity index (χ1n) is 9.80. The molecule has 0 radical (unpaired) electrons. The second-order valence-electron chi connectivity index (χ2n) is 8.05. The van der Waals surface area contributed by atoms with Crippen molar-refractivity contribution in [2.24, 2.45) is 0 Å². The highest BCUT2D eigenvalue weighted by molar-refractivity contribution is 5.96. The summed E-state index contributed by atoms with van der Waals surface area (Å²) >= 11 is 0. The Morgan fingerprint density at radius 3 is 2.93 bits per heavy atom. The number of aromatic nitrogens is 4. The lowest BCUT2D eigenvalue weighted by atomic mass is 9.83. The van der Waals surface area contributed by atoms with Crippen molar-refractivity contribution in [1.29, 1.82) is 0 Å². The molecule has 9 heteroatoms. The molecule has 5 rings (SSSR count). The summed E-state index contributed by atoms with van der Waals surface area (Å²) in [6.45, 7) is 7.61. The molecule has 9 nitrogen and oxygen atoms in total. The number of ether oxygens (including phenoxy) is 1. The van der Waals surface area contributed by atoms with E-state index in [1.54, 1.807) is 10.9 Å². The van der Waals surface area contributed by atoms with Crippen LogP contribution in [0.5, 0.6) is 0 Å². The lowest BCUT2D eigenvalue weighted by molar-refractivity contribution is -0.121. The fourth-order valence-electron chi connectivity index (χ4n) is 4.82. The van der Waals surface area contributed by atoms with Crippen LogP contribution < -0.4 is 5.32 Å². The average Bonchev–Trinajstić information content (AvgIpc) is 3.22. The third-order valence-electron chi connectivity index (χ3n) is 6.05. The van der Waals surface area contributed by atoms with Crippen LogP contribution in [0.3, 0.4) is 0 Å². The maximum atomic E-state index is 13.4. The van der Waals surface area contributed by atoms with Crippen LogP contribution in [-0.4, -0.2) is 55.2 Å². The zero-order valence-electron chi connectivity index (χ0n) is 16.3. The minimum Gasteiger partial charge on any atom is -0.369 e. The summed E-state index contributed by atoms with van der Waals surface area (Å²) < 4.78 is 9.67. The van der Waals surface area contributed by atoms with E-state index in [9.17, 15) is 9.59 Å². The van der Waals surface area contributed by atoms with Crippen LogP contribution in [0.1, 0.15) is 55.0 Å². The minimum absolute atomic E-state index is 0.0184. The molecule has 148 valence electrons. The third kappa shape index (κ3) is 2.35. The van der Waals surface area contributed by atoms with Crippen LogP contribution in [0.2, 0.25) is 0 Å². The first-order valence-corrected chi connectivity index (χ1v) is 9.80. The fourth-order valence-corrected chi connectivity index (χ4v) is 4.82. The quantitative estimate of drug-likeness (QED) is 0.843. The molecule has 1 fully saturated rings. The van der Waals surface area contributed by atoms with Crippen LogP contribution in [-0.2, 0) is 28.0 Å². The van der Waals surface area contributed by atoms with Crippen LogP contribution in [0.15, 0.2) is 12.4 Å². The van der Waals surface area contributed by atoms with Gasteiger partial charge in [0, 0.05) is 44.0 Å². The van der Waals surface area contributed by atoms with Crippen molar-refractivity contribution in [3.05, 3.63) is 29.3 Å². The van der Waals surface area contributed by atoms with Crippen molar-refractivity contribution in [1.82, 2.24) is 24.2 Å². The number of nitrogens with one attached hydrogen (secondary N) is 1. The SMILES string of the molecule is CCn1nc2c(c1C(=O)N1CC3(CC(=O)Nc4nccn43)C1)C[C@H](C)O[C@@H]2C. The fraction of sp³-hybridized carbons (Fsp3) is 0.579. The number of aryl methyl sites for hydroxylation is 1. The van der Waals surface area contributed by atoms with Crippen molar-refractivity contribution in [2.45, 2.75) is 57.9 Å². The normalized spacial score (nSPS) is 25.1. The zero-order chi connectivity index (χ0) is 19.6. The monoisotopic (exact) mass is 384 g/mol. The van der Waals surface area contributed by atoms with E-state index in [1.165, 1.54) is 0 Å². The molecule has 2 aromatic heterocycles. The molecule has 0 aliphatic carbocycles. The Bertz CT molecular complexity index is 970. The summed E-state index contributed by atoms with van der Waals surface area (Å²) in [7, 11) is 0. The molecule has 28 heavy (non-hydrogen) atoms. The molecule has 5 heterocycles. The topological polar surface area (TPSA) is 94.3 Å². The van der Waals surface area contributed by atoms with Crippen LogP contribution >= 0.6 is 0 Å². The van der Waals surface area contributed by atoms with Gasteiger partial charge in [-0.25, -0.2) is 4.98 Å². The van der Waals surface area contributed by atoms with Gasteiger partial charge in [-0.2, -0.15) is 5.10 Å². The Hall–Kier alpha value is -2.68. The molecule has 1 N–H and O–H groups in total. The highest BCUT2D eigenvalue weighted by Gasteiger charge is 2.52. The first-order chi connectivity index (χ1) is 13.4. The number of anilines is 1. The summed E-state index contributed by atoms with van der Waals surface area (Å²) in [4.78, 5) is 31.5. The van der Waals surface area contributed by atoms with E-state index < -0.39 is 5.54 Å². The molecule has 3 aliphatic rings. The van der Waals surface area contributed by atoms with Crippen molar-refractivity contribution in [3.63, 3.8) is 0 Å². The molecule has 0 bridgehead atoms. The number of rotatable bonds is 2. The molecule has 2 amide bonds. The zero-order valence-corrected chi connectivity index (χ0v) is 16.3. The van der Waals surface area contributed by atoms with E-state index in [0.29, 0.717) is 44.1 Å². The predicted octanol–water partition coefficient (Wildman–Crippen LogP) is 1.32. The number of carbonyl (C=O) groups is 2. The first kappa shape index (κ1) is 17.4. The Labute approximate surface area is 162 Å². The Balaban J connectivity index is 1.45. The van der Waals surface area contributed by atoms with Gasteiger partial charge in [-0.3, -0.25) is 19.6 Å². The van der Waals surface area contributed by atoms with E-state index in [-0.39, 0.29) is 24.0 Å². The number of carbonyl (C=O) groups excluding carboxylic acids is 2. The number of fused-ring (bicyclic) bond motifs is 3. The lowest BCUT2D eigenvalue weighted by Crippen LogP contribution is -2.66. The van der Waals surface area contributed by atoms with Crippen LogP contribution in [0, 0.1) is 0 Å². The third-order valence-corrected chi connectivity index (χ3v) is 6.05. The molecule has 0 unspecified atom stereocenters. The van der Waals surface area contributed by atoms with Gasteiger partial charge in [0.25, 0.3) is 5.91 Å². The molecular weight excluding hydrogens is 360 g/mol. The summed E-state index contributed by atoms with van der Waals surface area (Å²) in [5, 5.41) is 7.44. The standard InChI is InChI=1S/C19H24N6O3/c1-4-25-16(13-7-11(2)28-12(3)15(13)22-25)17(27)23-9-19(10-23)8-14(26)21-18-20-5-6-24(18)19/h5-6,11-12H,4,7-10H2,1-3H3,(H,20,21,26)/t11-,12+/m0/s1. The van der Waals surface area contributed by atoms with Gasteiger partial charge in [0.1, 0.15) is 5.69 Å². The number of likely N-dealkylation sites (tertiary alicyclic amines) is 1. The summed E-state index contributed by atoms with van der Waals surface area (Å²) in [6, 6.07) is 0. The highest BCUT2D eigenvalue weighted by atomic mass is 16.5. The van der Waals surface area contributed by atoms with E-state index >= 15 is 0 Å². The van der Waals surface area contributed by atoms with Crippen LogP contribution in [0.4, 0.5) is 5.95 Å². The Morgan fingerprint density at radius 1 is 1.39 bits per heavy atom. The van der Waals surface area contributed by atoms with Crippen molar-refractivity contribution in [3.8, 4) is 0 Å². The number of amides is 2. The van der Waals surface area contributed by atoms with Gasteiger partial charge < -0.3 is 14.2 Å². The maximum Gasteiger partial charge on any atom is 0.272 e. The van der Waals surface area contributed by atoms with Crippen molar-refractivity contribution in [2.75, 3.05) is 18.4 Å². The maximum absolute atomic E-state index is 13.4. The van der Waals surface area contributed by atoms with E-state index in [4.69, 9.17) is 4.74 Å². The Morgan fingerprint density at radius 2 is 2.18 bits per heavy atom. The van der Waals surface area contributed by atoms with Crippen LogP contribution in [0.25, 0.3) is 0 Å². The van der Waals surface area contributed by atoms with E-state index in [2.05, 4.69) is 15.4 Å². The number of imidazole rings is 1. The van der Waals surface area contributed by atoms with E-state index in [1.807, 2.05) is 36.4 Å². The molecule has 1 spiro atoms. The highest BCUT2D eigenvalue weighted by Crippen LogP contribution is 2.40. The summed E-state index contributed by atoms with van der Waals surface area (Å²) in [6.07, 6.45) is 4.53. The molecule has 3 aliphatic heterocycles. The number of hydrogen-bond donors (Lipinski definition) is 1. The van der Waals surface area contributed by atoms with Gasteiger partial charge in [-0.15, -0.1) is 0 Å². The summed E-state index contributed by atoms with van der Waals surface area (Å²) in [5.41, 5.74) is 2.14. The average molecular weight is 384 g/mol. The molecule has 0 saturated carbocycles. The van der Waals surface area contributed by atoms with Gasteiger partial charge >= 0.3 is 0 Å². The van der Waals surface area contributed by atoms with Gasteiger partial charge in [0.2, 0.25) is 11.9 Å². The molecule has 2 aromatic rings. The minimum atomic E-state index is -0.398. The largest absolute Gasteiger partial charge is 0.369 e. The van der Waals surface area contributed by atoms with Gasteiger partial charge in [0.05, 0.1) is 29.9 Å². The smallest absolute Gasteiger partial charge is 0.272 e. The second kappa shape index (κ2) is 5.91. The summed E-state index contributed by atoms with van der Waals surface area (Å²) in [5.74, 6) is 0.482. The molecule has 0 aromatic carbocycles. The van der Waals surface area contributed by atoms with Crippen molar-refractivity contribution < 1.29 is 14.3 Å². The number of nitrogens with zero attached hydrogens (tertiary/aromatic N) is 5. The number of hydrogen-bond acceptors (Lipinski definition) is 5. The van der Waals surface area contributed by atoms with Gasteiger partial charge in [0.15, 0.2) is 0 Å². The Kier molecular flexibility index (Phi) is 3.67. The molecule has 2 atom stereocenters. The lowest BCUT2D eigenvalue weighted by Gasteiger charge is -2.52. The van der Waals surface area contributed by atoms with Crippen molar-refractivity contribution >= 4 is 17.8 Å². The molecule has 1 saturated heterocycles. The van der Waals surface area contributed by atoms with Gasteiger partial charge in [-0.1, -0.05) is 0 Å². The predicted molar refractivity (Wildman–Crippen MR) is 99.9 cm³/mol. The molecular formula is C19H24N6O3. The second-order valence-corrected chi connectivity index (χ2v) is 8.05. The van der Waals surface area contributed by atoms with Gasteiger partial charge in [-0.05, 0) is 20.8 Å². The van der Waals surface area contributed by atoms with E-state index in [0.717, 1.165) is 11.3 Å².